The molecular weight excluding hydrogens is 386 g/mol. The smallest absolute Gasteiger partial charge is 0.314 e. The SMILES string of the molecule is O=C(Oc1ccc2oc3c(c2c1)CCCC3)C1CCN(C(=O)c2cccs2)CC1. The lowest BCUT2D eigenvalue weighted by atomic mass is 9.96. The van der Waals surface area contributed by atoms with Crippen molar-refractivity contribution in [1.82, 2.24) is 4.90 Å². The molecule has 1 aromatic carbocycles. The van der Waals surface area contributed by atoms with Gasteiger partial charge in [-0.2, -0.15) is 0 Å². The Bertz CT molecular complexity index is 1040. The van der Waals surface area contributed by atoms with Crippen LogP contribution in [0.25, 0.3) is 11.0 Å². The predicted octanol–water partition coefficient (Wildman–Crippen LogP) is 4.83. The first-order valence-electron chi connectivity index (χ1n) is 10.3. The Morgan fingerprint density at radius 3 is 2.72 bits per heavy atom. The number of fused-ring (bicyclic) bond motifs is 3. The summed E-state index contributed by atoms with van der Waals surface area (Å²) in [5.74, 6) is 1.34. The summed E-state index contributed by atoms with van der Waals surface area (Å²) >= 11 is 1.45. The molecule has 1 aliphatic carbocycles. The van der Waals surface area contributed by atoms with Crippen molar-refractivity contribution in [3.8, 4) is 5.75 Å². The van der Waals surface area contributed by atoms with Gasteiger partial charge in [0.15, 0.2) is 0 Å². The lowest BCUT2D eigenvalue weighted by Crippen LogP contribution is -2.40. The second-order valence-electron chi connectivity index (χ2n) is 7.83. The molecule has 29 heavy (non-hydrogen) atoms. The van der Waals surface area contributed by atoms with Crippen molar-refractivity contribution >= 4 is 34.2 Å². The van der Waals surface area contributed by atoms with Crippen molar-refractivity contribution < 1.29 is 18.7 Å². The number of aryl methyl sites for hydroxylation is 2. The van der Waals surface area contributed by atoms with Gasteiger partial charge in [0.05, 0.1) is 10.8 Å². The number of likely N-dealkylation sites (tertiary alicyclic amines) is 1. The van der Waals surface area contributed by atoms with Crippen LogP contribution in [0.4, 0.5) is 0 Å². The van der Waals surface area contributed by atoms with Gasteiger partial charge in [-0.25, -0.2) is 0 Å². The lowest BCUT2D eigenvalue weighted by molar-refractivity contribution is -0.140. The summed E-state index contributed by atoms with van der Waals surface area (Å²) in [6, 6.07) is 9.38. The van der Waals surface area contributed by atoms with Gasteiger partial charge >= 0.3 is 5.97 Å². The van der Waals surface area contributed by atoms with Gasteiger partial charge in [0.25, 0.3) is 5.91 Å². The van der Waals surface area contributed by atoms with E-state index in [-0.39, 0.29) is 17.8 Å². The van der Waals surface area contributed by atoms with E-state index in [2.05, 4.69) is 0 Å². The molecule has 0 atom stereocenters. The van der Waals surface area contributed by atoms with Crippen LogP contribution in [0.15, 0.2) is 40.1 Å². The molecule has 1 saturated heterocycles. The monoisotopic (exact) mass is 409 g/mol. The highest BCUT2D eigenvalue weighted by molar-refractivity contribution is 7.12. The number of esters is 1. The molecule has 1 amide bonds. The minimum absolute atomic E-state index is 0.0574. The maximum absolute atomic E-state index is 12.7. The van der Waals surface area contributed by atoms with Crippen LogP contribution in [0, 0.1) is 5.92 Å². The van der Waals surface area contributed by atoms with E-state index in [1.54, 1.807) is 0 Å². The van der Waals surface area contributed by atoms with Crippen LogP contribution in [-0.2, 0) is 17.6 Å². The number of amides is 1. The van der Waals surface area contributed by atoms with Crippen molar-refractivity contribution in [2.24, 2.45) is 5.92 Å². The number of carbonyl (C=O) groups is 2. The zero-order valence-corrected chi connectivity index (χ0v) is 17.0. The molecule has 150 valence electrons. The molecule has 3 heterocycles. The number of furan rings is 1. The average Bonchev–Trinajstić information content (AvgIpc) is 3.41. The van der Waals surface area contributed by atoms with Gasteiger partial charge < -0.3 is 14.1 Å². The Balaban J connectivity index is 1.23. The number of benzene rings is 1. The highest BCUT2D eigenvalue weighted by Crippen LogP contribution is 2.34. The van der Waals surface area contributed by atoms with Gasteiger partial charge in [-0.05, 0) is 61.7 Å². The quantitative estimate of drug-likeness (QED) is 0.459. The molecule has 0 N–H and O–H groups in total. The molecule has 0 spiro atoms. The van der Waals surface area contributed by atoms with Crippen molar-refractivity contribution in [3.63, 3.8) is 0 Å². The van der Waals surface area contributed by atoms with Gasteiger partial charge in [-0.3, -0.25) is 9.59 Å². The molecular formula is C23H23NO4S. The molecule has 2 aliphatic rings. The molecule has 1 fully saturated rings. The number of ether oxygens (including phenoxy) is 1. The Kier molecular flexibility index (Phi) is 4.87. The van der Waals surface area contributed by atoms with Crippen molar-refractivity contribution in [2.75, 3.05) is 13.1 Å². The summed E-state index contributed by atoms with van der Waals surface area (Å²) < 4.78 is 11.7. The van der Waals surface area contributed by atoms with Crippen LogP contribution >= 0.6 is 11.3 Å². The number of nitrogens with zero attached hydrogens (tertiary/aromatic N) is 1. The summed E-state index contributed by atoms with van der Waals surface area (Å²) in [5, 5.41) is 2.98. The normalized spacial score (nSPS) is 17.3. The maximum atomic E-state index is 12.7. The van der Waals surface area contributed by atoms with Crippen LogP contribution in [0.1, 0.15) is 46.7 Å². The van der Waals surface area contributed by atoms with Crippen molar-refractivity contribution in [1.29, 1.82) is 0 Å². The molecule has 0 saturated carbocycles. The number of hydrogen-bond acceptors (Lipinski definition) is 5. The first-order chi connectivity index (χ1) is 14.2. The van der Waals surface area contributed by atoms with Crippen LogP contribution in [0.5, 0.6) is 5.75 Å². The second kappa shape index (κ2) is 7.67. The van der Waals surface area contributed by atoms with Crippen molar-refractivity contribution in [2.45, 2.75) is 38.5 Å². The van der Waals surface area contributed by atoms with Crippen LogP contribution < -0.4 is 4.74 Å². The van der Waals surface area contributed by atoms with E-state index in [1.165, 1.54) is 29.7 Å². The van der Waals surface area contributed by atoms with Gasteiger partial charge in [-0.15, -0.1) is 11.3 Å². The molecule has 0 radical (unpaired) electrons. The first kappa shape index (κ1) is 18.4. The number of rotatable bonds is 3. The summed E-state index contributed by atoms with van der Waals surface area (Å²) in [6.45, 7) is 1.18. The summed E-state index contributed by atoms with van der Waals surface area (Å²) in [6.07, 6.45) is 5.63. The van der Waals surface area contributed by atoms with E-state index in [4.69, 9.17) is 9.15 Å². The van der Waals surface area contributed by atoms with Crippen LogP contribution in [-0.4, -0.2) is 29.9 Å². The molecule has 5 nitrogen and oxygen atoms in total. The standard InChI is InChI=1S/C23H23NO4S/c25-22(21-6-3-13-29-21)24-11-9-15(10-12-24)23(26)27-16-7-8-20-18(14-16)17-4-1-2-5-19(17)28-20/h3,6-8,13-15H,1-2,4-5,9-12H2. The first-order valence-corrected chi connectivity index (χ1v) is 11.2. The third kappa shape index (κ3) is 3.57. The largest absolute Gasteiger partial charge is 0.461 e. The number of thiophene rings is 1. The minimum Gasteiger partial charge on any atom is -0.461 e. The van der Waals surface area contributed by atoms with Gasteiger partial charge in [0, 0.05) is 30.5 Å². The van der Waals surface area contributed by atoms with E-state index in [1.807, 2.05) is 40.6 Å². The lowest BCUT2D eigenvalue weighted by Gasteiger charge is -2.30. The van der Waals surface area contributed by atoms with E-state index in [0.29, 0.717) is 31.7 Å². The minimum atomic E-state index is -0.204. The predicted molar refractivity (Wildman–Crippen MR) is 111 cm³/mol. The van der Waals surface area contributed by atoms with Crippen LogP contribution in [0.2, 0.25) is 0 Å². The van der Waals surface area contributed by atoms with E-state index in [9.17, 15) is 9.59 Å². The molecule has 1 aliphatic heterocycles. The molecule has 0 unspecified atom stereocenters. The molecule has 2 aromatic heterocycles. The summed E-state index contributed by atoms with van der Waals surface area (Å²) in [7, 11) is 0. The van der Waals surface area contributed by atoms with Gasteiger partial charge in [0.1, 0.15) is 17.1 Å². The number of hydrogen-bond donors (Lipinski definition) is 0. The molecule has 5 rings (SSSR count). The second-order valence-corrected chi connectivity index (χ2v) is 8.78. The van der Waals surface area contributed by atoms with Crippen molar-refractivity contribution in [3.05, 3.63) is 51.9 Å². The van der Waals surface area contributed by atoms with Gasteiger partial charge in [-0.1, -0.05) is 6.07 Å². The Hall–Kier alpha value is -2.60. The Labute approximate surface area is 173 Å². The van der Waals surface area contributed by atoms with Crippen LogP contribution in [0.3, 0.4) is 0 Å². The topological polar surface area (TPSA) is 59.8 Å². The zero-order valence-electron chi connectivity index (χ0n) is 16.2. The zero-order chi connectivity index (χ0) is 19.8. The Morgan fingerprint density at radius 2 is 1.93 bits per heavy atom. The molecule has 3 aromatic rings. The third-order valence-corrected chi connectivity index (χ3v) is 6.85. The maximum Gasteiger partial charge on any atom is 0.314 e. The summed E-state index contributed by atoms with van der Waals surface area (Å²) in [5.41, 5.74) is 2.14. The highest BCUT2D eigenvalue weighted by Gasteiger charge is 2.29. The van der Waals surface area contributed by atoms with E-state index < -0.39 is 0 Å². The molecule has 6 heteroatoms. The highest BCUT2D eigenvalue weighted by atomic mass is 32.1. The van der Waals surface area contributed by atoms with Gasteiger partial charge in [0.2, 0.25) is 0 Å². The fourth-order valence-electron chi connectivity index (χ4n) is 4.38. The summed E-state index contributed by atoms with van der Waals surface area (Å²) in [4.78, 5) is 27.7. The number of piperidine rings is 1. The Morgan fingerprint density at radius 1 is 1.10 bits per heavy atom. The third-order valence-electron chi connectivity index (χ3n) is 5.99. The van der Waals surface area contributed by atoms with E-state index >= 15 is 0 Å². The fourth-order valence-corrected chi connectivity index (χ4v) is 5.07. The average molecular weight is 410 g/mol. The number of carbonyl (C=O) groups excluding carboxylic acids is 2. The molecule has 0 bridgehead atoms. The van der Waals surface area contributed by atoms with E-state index in [0.717, 1.165) is 34.4 Å². The fraction of sp³-hybridized carbons (Fsp3) is 0.391.